The van der Waals surface area contributed by atoms with E-state index in [1.165, 1.54) is 52.7 Å². The number of pyridine rings is 4. The van der Waals surface area contributed by atoms with Crippen molar-refractivity contribution in [3.05, 3.63) is 248 Å². The largest absolute Gasteiger partial charge is 3.00 e. The van der Waals surface area contributed by atoms with Crippen LogP contribution in [0, 0.1) is 112 Å². The Bertz CT molecular complexity index is 3200. The Balaban J connectivity index is 0.000000479. The van der Waals surface area contributed by atoms with Crippen molar-refractivity contribution in [3.8, 4) is 23.0 Å². The van der Waals surface area contributed by atoms with Crippen molar-refractivity contribution in [1.82, 2.24) is 19.9 Å². The van der Waals surface area contributed by atoms with E-state index in [9.17, 15) is 39.6 Å². The molecule has 0 fully saturated rings. The Morgan fingerprint density at radius 3 is 0.634 bits per heavy atom. The number of carbonyl (C=O) groups is 4. The zero-order chi connectivity index (χ0) is 59.0. The molecular weight excluding hydrogens is 1330 g/mol. The molecule has 0 unspecified atom stereocenters. The number of methoxy groups -OCH3 is 4. The summed E-state index contributed by atoms with van der Waals surface area (Å²) in [6.07, 6.45) is 7.21. The number of hydrogen-bond acceptors (Lipinski definition) is 22. The van der Waals surface area contributed by atoms with Gasteiger partial charge in [0.15, 0.2) is 0 Å². The van der Waals surface area contributed by atoms with Crippen molar-refractivity contribution in [2.75, 3.05) is 28.4 Å². The summed E-state index contributed by atoms with van der Waals surface area (Å²) in [6.45, 7) is 0. The van der Waals surface area contributed by atoms with Crippen LogP contribution in [-0.2, 0) is 0 Å². The topological polar surface area (TPSA) is 381 Å². The number of ether oxygens (including phenoxy) is 4. The molecule has 26 heteroatoms. The van der Waals surface area contributed by atoms with E-state index in [4.69, 9.17) is 49.6 Å². The molecule has 24 nitrogen and oxygen atoms in total. The first kappa shape index (κ1) is 71.2. The predicted molar refractivity (Wildman–Crippen MR) is 284 cm³/mol. The summed E-state index contributed by atoms with van der Waals surface area (Å²) in [5.74, 6) is -3.57. The number of aromatic nitrogens is 4. The molecule has 0 aliphatic heterocycles. The maximum Gasteiger partial charge on any atom is 3.00 e. The van der Waals surface area contributed by atoms with Gasteiger partial charge in [0.25, 0.3) is 0 Å². The Kier molecular flexibility index (Phi) is 33.6. The second-order valence-electron chi connectivity index (χ2n) is 14.8. The number of benzene rings is 6. The fourth-order valence-corrected chi connectivity index (χ4v) is 6.61. The van der Waals surface area contributed by atoms with E-state index >= 15 is 0 Å². The minimum atomic E-state index is -1.75. The molecule has 2 radical (unpaired) electrons. The molecule has 0 saturated carbocycles. The van der Waals surface area contributed by atoms with Gasteiger partial charge in [-0.1, -0.05) is 97.1 Å². The molecule has 414 valence electrons. The van der Waals surface area contributed by atoms with E-state index in [1.807, 2.05) is 24.3 Å². The van der Waals surface area contributed by atoms with Crippen LogP contribution < -0.4 is 39.4 Å². The third-order valence-corrected chi connectivity index (χ3v) is 10.00. The van der Waals surface area contributed by atoms with Gasteiger partial charge in [0.1, 0.15) is 23.0 Å². The van der Waals surface area contributed by atoms with Crippen molar-refractivity contribution in [3.63, 3.8) is 0 Å². The summed E-state index contributed by atoms with van der Waals surface area (Å²) in [6, 6.07) is 49.6. The molecule has 82 heavy (non-hydrogen) atoms. The van der Waals surface area contributed by atoms with Gasteiger partial charge in [0, 0.05) is 68.6 Å². The van der Waals surface area contributed by atoms with Crippen molar-refractivity contribution in [2.24, 2.45) is 0 Å². The average Bonchev–Trinajstić information content (AvgIpc) is 3.47. The van der Waals surface area contributed by atoms with Crippen LogP contribution in [0.4, 0.5) is 0 Å². The zero-order valence-electron chi connectivity index (χ0n) is 43.5. The number of para-hydroxylation sites is 4. The van der Waals surface area contributed by atoms with E-state index < -0.39 is 34.1 Å². The van der Waals surface area contributed by atoms with Gasteiger partial charge in [-0.05, 0) is 72.8 Å². The predicted octanol–water partition coefficient (Wildman–Crippen LogP) is 5.32. The molecule has 6 aromatic carbocycles. The first-order valence-corrected chi connectivity index (χ1v) is 22.6. The van der Waals surface area contributed by atoms with Gasteiger partial charge in [-0.15, -0.1) is 0 Å². The SMILES string of the molecule is COc1ccccc1C(=O)[O-].COc1ccccc1C(=O)[O-].COc1ccccc1C(=O)[O-].COc1ccccc1C(=O)[O-].O=[N+]([O-])[O-].O=[N+]([O-])[O-].[Nd+3].[Nd+3].c1cnc2c(c1)ccc1cccnc12.c1cnc2c(c1)ccc1cccnc12. The second-order valence-corrected chi connectivity index (χ2v) is 14.8. The second kappa shape index (κ2) is 38.7. The van der Waals surface area contributed by atoms with Gasteiger partial charge in [0.05, 0.1) is 84.6 Å². The molecule has 0 spiro atoms. The zero-order valence-corrected chi connectivity index (χ0v) is 49.9. The summed E-state index contributed by atoms with van der Waals surface area (Å²) in [5, 5.41) is 75.6. The van der Waals surface area contributed by atoms with Crippen LogP contribution >= 0.6 is 0 Å². The van der Waals surface area contributed by atoms with Gasteiger partial charge in [-0.25, -0.2) is 0 Å². The van der Waals surface area contributed by atoms with Crippen molar-refractivity contribution < 1.29 is 150 Å². The summed E-state index contributed by atoms with van der Waals surface area (Å²) in [5.41, 5.74) is 4.22. The summed E-state index contributed by atoms with van der Waals surface area (Å²) in [7, 11) is 5.67. The van der Waals surface area contributed by atoms with E-state index in [2.05, 4.69) is 68.5 Å². The number of fused-ring (bicyclic) bond motifs is 6. The van der Waals surface area contributed by atoms with Crippen LogP contribution in [0.3, 0.4) is 0 Å². The molecule has 0 saturated heterocycles. The van der Waals surface area contributed by atoms with Gasteiger partial charge < -0.3 is 89.2 Å². The number of aromatic carboxylic acids is 4. The molecule has 0 N–H and O–H groups in total. The molecule has 0 bridgehead atoms. The van der Waals surface area contributed by atoms with Gasteiger partial charge in [-0.3, -0.25) is 19.9 Å². The van der Waals surface area contributed by atoms with Crippen LogP contribution in [0.25, 0.3) is 43.6 Å². The maximum absolute atomic E-state index is 10.4. The Morgan fingerprint density at radius 1 is 0.317 bits per heavy atom. The number of hydrogen-bond donors (Lipinski definition) is 0. The maximum atomic E-state index is 10.4. The first-order chi connectivity index (χ1) is 38.4. The van der Waals surface area contributed by atoms with E-state index in [0.29, 0.717) is 23.0 Å². The van der Waals surface area contributed by atoms with Gasteiger partial charge in [0.2, 0.25) is 0 Å². The van der Waals surface area contributed by atoms with Crippen LogP contribution in [-0.4, -0.2) is 82.4 Å². The molecule has 0 aliphatic carbocycles. The standard InChI is InChI=1S/2C12H8N2.4C8H8O3.2NO3.2Nd/c2*1-3-9-5-6-10-4-2-8-14-12(10)11(9)13-7-1;4*1-11-7-5-3-2-4-6(7)8(9)10;2*2-1(3)4;;/h2*1-8H;4*2-5H,1H3,(H,9,10);;;;/q;;;;;;2*-1;2*+3/p-4. The molecule has 0 atom stereocenters. The number of nitrogens with zero attached hydrogens (tertiary/aromatic N) is 6. The van der Waals surface area contributed by atoms with Crippen LogP contribution in [0.1, 0.15) is 41.4 Å². The van der Waals surface area contributed by atoms with E-state index in [-0.39, 0.29) is 104 Å². The molecule has 0 aliphatic rings. The third kappa shape index (κ3) is 23.8. The molecule has 0 amide bonds. The van der Waals surface area contributed by atoms with Gasteiger partial charge >= 0.3 is 81.7 Å². The molecular formula is C56H44N6Nd2O18. The molecule has 10 aromatic rings. The van der Waals surface area contributed by atoms with E-state index in [0.717, 1.165) is 43.6 Å². The molecule has 4 aromatic heterocycles. The van der Waals surface area contributed by atoms with Crippen LogP contribution in [0.2, 0.25) is 0 Å². The summed E-state index contributed by atoms with van der Waals surface area (Å²) < 4.78 is 19.1. The smallest absolute Gasteiger partial charge is 0.545 e. The van der Waals surface area contributed by atoms with Crippen molar-refractivity contribution in [2.45, 2.75) is 0 Å². The quantitative estimate of drug-likeness (QED) is 0.105. The number of rotatable bonds is 8. The fraction of sp³-hybridized carbons (Fsp3) is 0.0714. The number of carboxylic acids is 4. The molecule has 10 rings (SSSR count). The molecule has 4 heterocycles. The minimum absolute atomic E-state index is 0. The minimum Gasteiger partial charge on any atom is -0.545 e. The van der Waals surface area contributed by atoms with E-state index in [1.54, 1.807) is 97.6 Å². The Morgan fingerprint density at radius 2 is 0.488 bits per heavy atom. The number of carboxylic acid groups (broad SMARTS) is 4. The van der Waals surface area contributed by atoms with Crippen molar-refractivity contribution in [1.29, 1.82) is 0 Å². The van der Waals surface area contributed by atoms with Gasteiger partial charge in [-0.2, -0.15) is 0 Å². The monoisotopic (exact) mass is 1370 g/mol. The average molecular weight is 1380 g/mol. The van der Waals surface area contributed by atoms with Crippen molar-refractivity contribution >= 4 is 67.5 Å². The summed E-state index contributed by atoms with van der Waals surface area (Å²) in [4.78, 5) is 75.4. The Hall–Kier alpha value is -8.86. The number of carbonyl (C=O) groups excluding carboxylic acids is 4. The van der Waals surface area contributed by atoms with Crippen LogP contribution in [0.15, 0.2) is 195 Å². The summed E-state index contributed by atoms with van der Waals surface area (Å²) >= 11 is 0. The third-order valence-electron chi connectivity index (χ3n) is 10.00. The fourth-order valence-electron chi connectivity index (χ4n) is 6.61. The first-order valence-electron chi connectivity index (χ1n) is 22.6. The normalized spacial score (nSPS) is 9.22. The van der Waals surface area contributed by atoms with Crippen LogP contribution in [0.5, 0.6) is 23.0 Å². The Labute approximate surface area is 531 Å².